The van der Waals surface area contributed by atoms with Crippen LogP contribution in [-0.4, -0.2) is 31.4 Å². The van der Waals surface area contributed by atoms with Crippen LogP contribution in [0, 0.1) is 11.3 Å². The van der Waals surface area contributed by atoms with Crippen molar-refractivity contribution in [3.05, 3.63) is 28.8 Å². The Hall–Kier alpha value is -1.26. The third kappa shape index (κ3) is 4.20. The number of ether oxygens (including phenoxy) is 1. The van der Waals surface area contributed by atoms with Crippen LogP contribution in [0.5, 0.6) is 5.75 Å². The van der Waals surface area contributed by atoms with Crippen LogP contribution >= 0.6 is 11.6 Å². The van der Waals surface area contributed by atoms with E-state index in [0.29, 0.717) is 11.6 Å². The molecule has 0 fully saturated rings. The number of rotatable bonds is 6. The third-order valence-electron chi connectivity index (χ3n) is 2.80. The maximum absolute atomic E-state index is 7.39. The molecule has 100 valence electrons. The molecule has 0 aromatic heterocycles. The van der Waals surface area contributed by atoms with Gasteiger partial charge in [-0.2, -0.15) is 0 Å². The van der Waals surface area contributed by atoms with E-state index >= 15 is 0 Å². The average molecular weight is 270 g/mol. The highest BCUT2D eigenvalue weighted by Gasteiger charge is 2.12. The number of nitrogens with one attached hydrogen (secondary N) is 1. The standard InChI is InChI=1S/C13H20ClN3O/c1-9(13(15)16)7-17(2)8-10-6-11(14)4-5-12(10)18-3/h4-6,9H,7-8H2,1-3H3,(H3,15,16). The molecule has 18 heavy (non-hydrogen) atoms. The molecule has 0 aliphatic rings. The van der Waals surface area contributed by atoms with Crippen LogP contribution in [-0.2, 0) is 6.54 Å². The first-order chi connectivity index (χ1) is 8.43. The Kier molecular flexibility index (Phi) is 5.44. The highest BCUT2D eigenvalue weighted by Crippen LogP contribution is 2.23. The van der Waals surface area contributed by atoms with E-state index in [2.05, 4.69) is 4.90 Å². The van der Waals surface area contributed by atoms with E-state index in [4.69, 9.17) is 27.5 Å². The molecule has 0 heterocycles. The minimum Gasteiger partial charge on any atom is -0.496 e. The Morgan fingerprint density at radius 2 is 2.22 bits per heavy atom. The summed E-state index contributed by atoms with van der Waals surface area (Å²) in [6, 6.07) is 5.57. The zero-order valence-corrected chi connectivity index (χ0v) is 11.8. The molecular formula is C13H20ClN3O. The number of amidine groups is 1. The predicted molar refractivity (Wildman–Crippen MR) is 75.4 cm³/mol. The van der Waals surface area contributed by atoms with Gasteiger partial charge < -0.3 is 15.4 Å². The first-order valence-corrected chi connectivity index (χ1v) is 6.16. The second-order valence-corrected chi connectivity index (χ2v) is 4.95. The average Bonchev–Trinajstić information content (AvgIpc) is 2.28. The predicted octanol–water partition coefficient (Wildman–Crippen LogP) is 2.35. The van der Waals surface area contributed by atoms with Crippen LogP contribution in [0.3, 0.4) is 0 Å². The van der Waals surface area contributed by atoms with Crippen molar-refractivity contribution in [2.24, 2.45) is 11.7 Å². The van der Waals surface area contributed by atoms with Crippen molar-refractivity contribution >= 4 is 17.4 Å². The molecular weight excluding hydrogens is 250 g/mol. The van der Waals surface area contributed by atoms with E-state index in [1.807, 2.05) is 32.2 Å². The van der Waals surface area contributed by atoms with Crippen LogP contribution in [0.1, 0.15) is 12.5 Å². The molecule has 5 heteroatoms. The van der Waals surface area contributed by atoms with Gasteiger partial charge in [0.15, 0.2) is 0 Å². The van der Waals surface area contributed by atoms with Crippen LogP contribution in [0.2, 0.25) is 5.02 Å². The smallest absolute Gasteiger partial charge is 0.123 e. The van der Waals surface area contributed by atoms with Crippen LogP contribution in [0.15, 0.2) is 18.2 Å². The van der Waals surface area contributed by atoms with E-state index in [0.717, 1.165) is 17.9 Å². The number of nitrogens with zero attached hydrogens (tertiary/aromatic N) is 1. The van der Waals surface area contributed by atoms with Gasteiger partial charge in [0.2, 0.25) is 0 Å². The zero-order chi connectivity index (χ0) is 13.7. The van der Waals surface area contributed by atoms with Crippen molar-refractivity contribution < 1.29 is 4.74 Å². The second kappa shape index (κ2) is 6.61. The van der Waals surface area contributed by atoms with Crippen molar-refractivity contribution in [2.75, 3.05) is 20.7 Å². The van der Waals surface area contributed by atoms with E-state index < -0.39 is 0 Å². The largest absolute Gasteiger partial charge is 0.496 e. The summed E-state index contributed by atoms with van der Waals surface area (Å²) in [6.45, 7) is 3.38. The van der Waals surface area contributed by atoms with Gasteiger partial charge in [-0.3, -0.25) is 5.41 Å². The zero-order valence-electron chi connectivity index (χ0n) is 11.0. The van der Waals surface area contributed by atoms with Gasteiger partial charge in [-0.15, -0.1) is 0 Å². The first kappa shape index (κ1) is 14.8. The molecule has 0 saturated heterocycles. The summed E-state index contributed by atoms with van der Waals surface area (Å²) in [6.07, 6.45) is 0. The normalized spacial score (nSPS) is 12.5. The number of nitrogens with two attached hydrogens (primary N) is 1. The molecule has 1 aromatic rings. The molecule has 1 aromatic carbocycles. The lowest BCUT2D eigenvalue weighted by atomic mass is 10.1. The van der Waals surface area contributed by atoms with Crippen molar-refractivity contribution in [3.8, 4) is 5.75 Å². The van der Waals surface area contributed by atoms with Gasteiger partial charge in [0, 0.05) is 29.6 Å². The highest BCUT2D eigenvalue weighted by atomic mass is 35.5. The Morgan fingerprint density at radius 3 is 2.78 bits per heavy atom. The fourth-order valence-electron chi connectivity index (χ4n) is 1.79. The molecule has 0 spiro atoms. The van der Waals surface area contributed by atoms with E-state index in [1.165, 1.54) is 0 Å². The molecule has 4 nitrogen and oxygen atoms in total. The minimum absolute atomic E-state index is 0.0418. The van der Waals surface area contributed by atoms with Gasteiger partial charge in [0.1, 0.15) is 5.75 Å². The molecule has 0 bridgehead atoms. The van der Waals surface area contributed by atoms with Crippen molar-refractivity contribution in [1.29, 1.82) is 5.41 Å². The molecule has 0 aliphatic carbocycles. The molecule has 0 radical (unpaired) electrons. The summed E-state index contributed by atoms with van der Waals surface area (Å²) in [5.74, 6) is 1.07. The molecule has 1 atom stereocenters. The molecule has 3 N–H and O–H groups in total. The van der Waals surface area contributed by atoms with Gasteiger partial charge in [-0.05, 0) is 25.2 Å². The lowest BCUT2D eigenvalue weighted by molar-refractivity contribution is 0.299. The van der Waals surface area contributed by atoms with E-state index in [1.54, 1.807) is 7.11 Å². The summed E-state index contributed by atoms with van der Waals surface area (Å²) in [4.78, 5) is 2.10. The number of hydrogen-bond donors (Lipinski definition) is 2. The van der Waals surface area contributed by atoms with Crippen LogP contribution in [0.4, 0.5) is 0 Å². The Bertz CT molecular complexity index is 423. The van der Waals surface area contributed by atoms with Gasteiger partial charge in [-0.1, -0.05) is 18.5 Å². The Morgan fingerprint density at radius 1 is 1.56 bits per heavy atom. The monoisotopic (exact) mass is 269 g/mol. The third-order valence-corrected chi connectivity index (χ3v) is 3.03. The Labute approximate surface area is 113 Å². The molecule has 1 unspecified atom stereocenters. The van der Waals surface area contributed by atoms with Crippen molar-refractivity contribution in [3.63, 3.8) is 0 Å². The summed E-state index contributed by atoms with van der Waals surface area (Å²) in [5, 5.41) is 8.08. The first-order valence-electron chi connectivity index (χ1n) is 5.79. The Balaban J connectivity index is 2.71. The van der Waals surface area contributed by atoms with Crippen LogP contribution < -0.4 is 10.5 Å². The topological polar surface area (TPSA) is 62.3 Å². The summed E-state index contributed by atoms with van der Waals surface area (Å²) < 4.78 is 5.30. The van der Waals surface area contributed by atoms with Gasteiger partial charge in [-0.25, -0.2) is 0 Å². The van der Waals surface area contributed by atoms with E-state index in [9.17, 15) is 0 Å². The van der Waals surface area contributed by atoms with E-state index in [-0.39, 0.29) is 11.8 Å². The van der Waals surface area contributed by atoms with Crippen LogP contribution in [0.25, 0.3) is 0 Å². The van der Waals surface area contributed by atoms with Gasteiger partial charge >= 0.3 is 0 Å². The molecule has 1 rings (SSSR count). The summed E-state index contributed by atoms with van der Waals surface area (Å²) in [7, 11) is 3.63. The lowest BCUT2D eigenvalue weighted by Crippen LogP contribution is -2.31. The van der Waals surface area contributed by atoms with Gasteiger partial charge in [0.05, 0.1) is 12.9 Å². The minimum atomic E-state index is 0.0418. The SMILES string of the molecule is COc1ccc(Cl)cc1CN(C)CC(C)C(=N)N. The molecule has 0 aliphatic heterocycles. The maximum atomic E-state index is 7.39. The second-order valence-electron chi connectivity index (χ2n) is 4.51. The lowest BCUT2D eigenvalue weighted by Gasteiger charge is -2.21. The number of benzene rings is 1. The summed E-state index contributed by atoms with van der Waals surface area (Å²) in [5.41, 5.74) is 6.50. The quantitative estimate of drug-likeness (QED) is 0.616. The van der Waals surface area contributed by atoms with Gasteiger partial charge in [0.25, 0.3) is 0 Å². The number of halogens is 1. The highest BCUT2D eigenvalue weighted by molar-refractivity contribution is 6.30. The van der Waals surface area contributed by atoms with Crippen molar-refractivity contribution in [1.82, 2.24) is 4.90 Å². The molecule has 0 saturated carbocycles. The maximum Gasteiger partial charge on any atom is 0.123 e. The summed E-state index contributed by atoms with van der Waals surface area (Å²) >= 11 is 5.99. The molecule has 0 amide bonds. The fraction of sp³-hybridized carbons (Fsp3) is 0.462. The van der Waals surface area contributed by atoms with Crippen molar-refractivity contribution in [2.45, 2.75) is 13.5 Å². The number of hydrogen-bond acceptors (Lipinski definition) is 3. The fourth-order valence-corrected chi connectivity index (χ4v) is 1.99. The number of methoxy groups -OCH3 is 1.